The van der Waals surface area contributed by atoms with Crippen LogP contribution in [0.1, 0.15) is 29.8 Å². The minimum Gasteiger partial charge on any atom is -0.383 e. The van der Waals surface area contributed by atoms with E-state index in [2.05, 4.69) is 24.3 Å². The fourth-order valence-corrected chi connectivity index (χ4v) is 2.35. The molecule has 4 nitrogen and oxygen atoms in total. The molecule has 0 spiro atoms. The highest BCUT2D eigenvalue weighted by molar-refractivity contribution is 5.24. The Morgan fingerprint density at radius 1 is 1.47 bits per heavy atom. The number of nitrogens with zero attached hydrogens (tertiary/aromatic N) is 2. The second-order valence-electron chi connectivity index (χ2n) is 5.05. The molecule has 1 aromatic heterocycles. The van der Waals surface area contributed by atoms with Crippen LogP contribution in [-0.2, 0) is 18.3 Å². The zero-order valence-electron chi connectivity index (χ0n) is 11.3. The Labute approximate surface area is 103 Å². The lowest BCUT2D eigenvalue weighted by molar-refractivity contribution is 0.157. The van der Waals surface area contributed by atoms with Gasteiger partial charge in [0, 0.05) is 38.0 Å². The SMILES string of the molecule is COCC(NCc1c(C)nn(C)c1C)C1CC1. The molecule has 1 atom stereocenters. The molecule has 96 valence electrons. The minimum absolute atomic E-state index is 0.499. The van der Waals surface area contributed by atoms with Crippen molar-refractivity contribution in [2.45, 2.75) is 39.3 Å². The summed E-state index contributed by atoms with van der Waals surface area (Å²) in [5.41, 5.74) is 3.71. The summed E-state index contributed by atoms with van der Waals surface area (Å²) >= 11 is 0. The molecule has 1 unspecified atom stereocenters. The van der Waals surface area contributed by atoms with E-state index in [0.29, 0.717) is 6.04 Å². The van der Waals surface area contributed by atoms with E-state index < -0.39 is 0 Å². The summed E-state index contributed by atoms with van der Waals surface area (Å²) in [7, 11) is 3.77. The average molecular weight is 237 g/mol. The van der Waals surface area contributed by atoms with E-state index in [1.807, 2.05) is 11.7 Å². The van der Waals surface area contributed by atoms with Crippen LogP contribution in [0.15, 0.2) is 0 Å². The molecule has 0 aliphatic heterocycles. The van der Waals surface area contributed by atoms with Crippen molar-refractivity contribution in [1.82, 2.24) is 15.1 Å². The molecule has 2 rings (SSSR count). The highest BCUT2D eigenvalue weighted by atomic mass is 16.5. The molecule has 1 saturated carbocycles. The number of nitrogens with one attached hydrogen (secondary N) is 1. The van der Waals surface area contributed by atoms with Crippen molar-refractivity contribution >= 4 is 0 Å². The third-order valence-electron chi connectivity index (χ3n) is 3.74. The lowest BCUT2D eigenvalue weighted by atomic mass is 10.1. The van der Waals surface area contributed by atoms with E-state index in [0.717, 1.165) is 24.8 Å². The van der Waals surface area contributed by atoms with Crippen molar-refractivity contribution in [3.8, 4) is 0 Å². The maximum absolute atomic E-state index is 5.28. The van der Waals surface area contributed by atoms with Crippen molar-refractivity contribution in [2.24, 2.45) is 13.0 Å². The average Bonchev–Trinajstić information content (AvgIpc) is 3.07. The van der Waals surface area contributed by atoms with Gasteiger partial charge >= 0.3 is 0 Å². The Morgan fingerprint density at radius 3 is 2.65 bits per heavy atom. The molecule has 1 N–H and O–H groups in total. The van der Waals surface area contributed by atoms with Crippen LogP contribution >= 0.6 is 0 Å². The first-order valence-corrected chi connectivity index (χ1v) is 6.35. The van der Waals surface area contributed by atoms with Gasteiger partial charge in [0.1, 0.15) is 0 Å². The van der Waals surface area contributed by atoms with Crippen LogP contribution in [-0.4, -0.2) is 29.5 Å². The summed E-state index contributed by atoms with van der Waals surface area (Å²) < 4.78 is 7.23. The molecule has 0 radical (unpaired) electrons. The number of aryl methyl sites for hydroxylation is 2. The summed E-state index contributed by atoms with van der Waals surface area (Å²) in [6, 6.07) is 0.499. The Kier molecular flexibility index (Phi) is 3.84. The highest BCUT2D eigenvalue weighted by Crippen LogP contribution is 2.33. The molecular weight excluding hydrogens is 214 g/mol. The van der Waals surface area contributed by atoms with E-state index in [1.54, 1.807) is 7.11 Å². The molecule has 1 aliphatic carbocycles. The molecule has 0 saturated heterocycles. The lowest BCUT2D eigenvalue weighted by Crippen LogP contribution is -2.34. The predicted octanol–water partition coefficient (Wildman–Crippen LogP) is 1.55. The first-order chi connectivity index (χ1) is 8.13. The molecule has 1 aliphatic rings. The van der Waals surface area contributed by atoms with E-state index in [4.69, 9.17) is 4.74 Å². The predicted molar refractivity (Wildman–Crippen MR) is 67.9 cm³/mol. The zero-order chi connectivity index (χ0) is 12.4. The molecule has 4 heteroatoms. The van der Waals surface area contributed by atoms with Gasteiger partial charge in [-0.15, -0.1) is 0 Å². The Morgan fingerprint density at radius 2 is 2.18 bits per heavy atom. The number of ether oxygens (including phenoxy) is 1. The quantitative estimate of drug-likeness (QED) is 0.816. The molecule has 1 heterocycles. The number of methoxy groups -OCH3 is 1. The molecule has 1 fully saturated rings. The Bertz CT molecular complexity index is 382. The first-order valence-electron chi connectivity index (χ1n) is 6.35. The third-order valence-corrected chi connectivity index (χ3v) is 3.74. The second-order valence-corrected chi connectivity index (χ2v) is 5.05. The fraction of sp³-hybridized carbons (Fsp3) is 0.769. The second kappa shape index (κ2) is 5.19. The van der Waals surface area contributed by atoms with Crippen molar-refractivity contribution in [3.05, 3.63) is 17.0 Å². The molecule has 0 amide bonds. The third kappa shape index (κ3) is 2.87. The van der Waals surface area contributed by atoms with Gasteiger partial charge in [0.2, 0.25) is 0 Å². The Balaban J connectivity index is 1.95. The summed E-state index contributed by atoms with van der Waals surface area (Å²) in [6.45, 7) is 5.91. The van der Waals surface area contributed by atoms with Gasteiger partial charge in [0.15, 0.2) is 0 Å². The van der Waals surface area contributed by atoms with Crippen molar-refractivity contribution in [1.29, 1.82) is 0 Å². The highest BCUT2D eigenvalue weighted by Gasteiger charge is 2.30. The summed E-state index contributed by atoms with van der Waals surface area (Å²) in [4.78, 5) is 0. The van der Waals surface area contributed by atoms with Gasteiger partial charge in [-0.3, -0.25) is 4.68 Å². The monoisotopic (exact) mass is 237 g/mol. The van der Waals surface area contributed by atoms with Crippen LogP contribution in [0.5, 0.6) is 0 Å². The fourth-order valence-electron chi connectivity index (χ4n) is 2.35. The molecule has 0 aromatic carbocycles. The number of hydrogen-bond donors (Lipinski definition) is 1. The normalized spacial score (nSPS) is 17.4. The number of hydrogen-bond acceptors (Lipinski definition) is 3. The van der Waals surface area contributed by atoms with Crippen LogP contribution in [0.3, 0.4) is 0 Å². The van der Waals surface area contributed by atoms with Gasteiger partial charge in [-0.1, -0.05) is 0 Å². The van der Waals surface area contributed by atoms with E-state index >= 15 is 0 Å². The molecular formula is C13H23N3O. The largest absolute Gasteiger partial charge is 0.383 e. The van der Waals surface area contributed by atoms with Gasteiger partial charge < -0.3 is 10.1 Å². The number of rotatable bonds is 6. The van der Waals surface area contributed by atoms with E-state index in [1.165, 1.54) is 24.1 Å². The van der Waals surface area contributed by atoms with E-state index in [-0.39, 0.29) is 0 Å². The molecule has 1 aromatic rings. The standard InChI is InChI=1S/C13H23N3O/c1-9-12(10(2)16(3)15-9)7-14-13(8-17-4)11-5-6-11/h11,13-14H,5-8H2,1-4H3. The van der Waals surface area contributed by atoms with Crippen LogP contribution in [0.2, 0.25) is 0 Å². The van der Waals surface area contributed by atoms with Crippen molar-refractivity contribution in [2.75, 3.05) is 13.7 Å². The maximum Gasteiger partial charge on any atom is 0.0641 e. The Hall–Kier alpha value is -0.870. The van der Waals surface area contributed by atoms with Crippen LogP contribution in [0.4, 0.5) is 0 Å². The van der Waals surface area contributed by atoms with Gasteiger partial charge in [-0.05, 0) is 32.6 Å². The smallest absolute Gasteiger partial charge is 0.0641 e. The lowest BCUT2D eigenvalue weighted by Gasteiger charge is -2.17. The van der Waals surface area contributed by atoms with Gasteiger partial charge in [-0.2, -0.15) is 5.10 Å². The topological polar surface area (TPSA) is 39.1 Å². The maximum atomic E-state index is 5.28. The summed E-state index contributed by atoms with van der Waals surface area (Å²) in [5, 5.41) is 8.06. The molecule has 0 bridgehead atoms. The van der Waals surface area contributed by atoms with Gasteiger partial charge in [-0.25, -0.2) is 0 Å². The van der Waals surface area contributed by atoms with Crippen LogP contribution < -0.4 is 5.32 Å². The first kappa shape index (κ1) is 12.6. The minimum atomic E-state index is 0.499. The van der Waals surface area contributed by atoms with Crippen molar-refractivity contribution in [3.63, 3.8) is 0 Å². The van der Waals surface area contributed by atoms with Gasteiger partial charge in [0.05, 0.1) is 12.3 Å². The van der Waals surface area contributed by atoms with Gasteiger partial charge in [0.25, 0.3) is 0 Å². The van der Waals surface area contributed by atoms with Crippen LogP contribution in [0, 0.1) is 19.8 Å². The summed E-state index contributed by atoms with van der Waals surface area (Å²) in [6.07, 6.45) is 2.68. The van der Waals surface area contributed by atoms with E-state index in [9.17, 15) is 0 Å². The van der Waals surface area contributed by atoms with Crippen molar-refractivity contribution < 1.29 is 4.74 Å². The zero-order valence-corrected chi connectivity index (χ0v) is 11.3. The van der Waals surface area contributed by atoms with Crippen LogP contribution in [0.25, 0.3) is 0 Å². The molecule has 17 heavy (non-hydrogen) atoms. The number of aromatic nitrogens is 2. The summed E-state index contributed by atoms with van der Waals surface area (Å²) in [5.74, 6) is 0.812.